The number of likely N-dealkylation sites (N-methyl/N-ethyl adjacent to an activating group) is 1. The number of hydrogen-bond donors (Lipinski definition) is 5. The van der Waals surface area contributed by atoms with E-state index in [-0.39, 0.29) is 12.8 Å². The summed E-state index contributed by atoms with van der Waals surface area (Å²) in [4.78, 5) is 35.0. The van der Waals surface area contributed by atoms with Gasteiger partial charge >= 0.3 is 0 Å². The van der Waals surface area contributed by atoms with Crippen LogP contribution in [0.15, 0.2) is 36.4 Å². The van der Waals surface area contributed by atoms with E-state index in [0.717, 1.165) is 11.3 Å². The molecule has 0 spiro atoms. The first kappa shape index (κ1) is 25.8. The van der Waals surface area contributed by atoms with E-state index < -0.39 is 23.8 Å². The molecule has 0 saturated heterocycles. The lowest BCUT2D eigenvalue weighted by atomic mass is 10.1. The first-order valence-electron chi connectivity index (χ1n) is 8.93. The van der Waals surface area contributed by atoms with Crippen molar-refractivity contribution in [2.75, 3.05) is 21.1 Å². The Morgan fingerprint density at radius 3 is 2.21 bits per heavy atom. The zero-order valence-electron chi connectivity index (χ0n) is 17.3. The van der Waals surface area contributed by atoms with Crippen LogP contribution in [0.1, 0.15) is 12.1 Å². The van der Waals surface area contributed by atoms with Crippen molar-refractivity contribution in [3.8, 4) is 11.3 Å². The second-order valence-corrected chi connectivity index (χ2v) is 5.59. The first-order valence-corrected chi connectivity index (χ1v) is 8.93. The molecule has 8 N–H and O–H groups in total. The Hall–Kier alpha value is -3.24. The fourth-order valence-corrected chi connectivity index (χ4v) is 2.49. The van der Waals surface area contributed by atoms with Gasteiger partial charge in [0, 0.05) is 14.1 Å². The van der Waals surface area contributed by atoms with Gasteiger partial charge in [0.15, 0.2) is 0 Å². The third-order valence-corrected chi connectivity index (χ3v) is 3.65. The van der Waals surface area contributed by atoms with Gasteiger partial charge < -0.3 is 27.8 Å². The molecule has 0 aliphatic heterocycles. The Bertz CT molecular complexity index is 775. The molecule has 160 valence electrons. The highest BCUT2D eigenvalue weighted by Crippen LogP contribution is 2.19. The summed E-state index contributed by atoms with van der Waals surface area (Å²) in [6.07, 6.45) is -0.268. The van der Waals surface area contributed by atoms with Crippen LogP contribution >= 0.6 is 0 Å². The molecule has 2 aromatic rings. The molecule has 10 heteroatoms. The number of aryl methyl sites for hydroxylation is 1. The molecule has 29 heavy (non-hydrogen) atoms. The molecule has 0 aliphatic carbocycles. The minimum absolute atomic E-state index is 0.00701. The van der Waals surface area contributed by atoms with Gasteiger partial charge in [-0.05, 0) is 25.7 Å². The van der Waals surface area contributed by atoms with Crippen LogP contribution in [0.2, 0.25) is 0 Å². The average Bonchev–Trinajstić information content (AvgIpc) is 3.10. The van der Waals surface area contributed by atoms with E-state index in [2.05, 4.69) is 27.2 Å². The molecule has 1 atom stereocenters. The van der Waals surface area contributed by atoms with E-state index in [1.54, 1.807) is 11.7 Å². The molecule has 0 bridgehead atoms. The molecule has 2 rings (SSSR count). The molecule has 10 nitrogen and oxygen atoms in total. The molecule has 1 aromatic carbocycles. The van der Waals surface area contributed by atoms with E-state index >= 15 is 0 Å². The number of hydrogen-bond acceptors (Lipinski definition) is 6. The third-order valence-electron chi connectivity index (χ3n) is 3.65. The highest BCUT2D eigenvalue weighted by molar-refractivity contribution is 5.91. The zero-order valence-corrected chi connectivity index (χ0v) is 17.3. The first-order chi connectivity index (χ1) is 13.9. The number of nitrogens with zero attached hydrogens (tertiary/aromatic N) is 2. The van der Waals surface area contributed by atoms with Gasteiger partial charge in [-0.3, -0.25) is 19.1 Å². The van der Waals surface area contributed by atoms with Gasteiger partial charge in [-0.25, -0.2) is 0 Å². The van der Waals surface area contributed by atoms with Crippen LogP contribution in [0.3, 0.4) is 0 Å². The smallest absolute Gasteiger partial charge is 0.242 e. The molecule has 3 amide bonds. The van der Waals surface area contributed by atoms with Crippen LogP contribution in [0.5, 0.6) is 0 Å². The van der Waals surface area contributed by atoms with Crippen LogP contribution in [-0.4, -0.2) is 54.7 Å². The van der Waals surface area contributed by atoms with Gasteiger partial charge in [0.2, 0.25) is 17.7 Å². The standard InChI is InChI=1S/C17H21N5O3.2CH5N/c1-19-17(25)13(10-15(18)23)20-16(24)9-12-8-14(22(2)21-12)11-6-4-3-5-7-11;2*1-2/h3-8,13H,9-10H2,1-2H3,(H2,18,23)(H,19,25)(H,20,24);2*2H2,1H3/t13-;;/m0../s1. The van der Waals surface area contributed by atoms with Crippen molar-refractivity contribution in [1.29, 1.82) is 0 Å². The quantitative estimate of drug-likeness (QED) is 0.391. The van der Waals surface area contributed by atoms with Crippen molar-refractivity contribution in [2.24, 2.45) is 24.2 Å². The number of rotatable bonds is 7. The summed E-state index contributed by atoms with van der Waals surface area (Å²) in [6.45, 7) is 0. The lowest BCUT2D eigenvalue weighted by Gasteiger charge is -2.15. The van der Waals surface area contributed by atoms with Gasteiger partial charge in [0.25, 0.3) is 0 Å². The third kappa shape index (κ3) is 8.54. The van der Waals surface area contributed by atoms with Gasteiger partial charge in [-0.15, -0.1) is 0 Å². The average molecular weight is 406 g/mol. The normalized spacial score (nSPS) is 10.4. The van der Waals surface area contributed by atoms with Crippen molar-refractivity contribution < 1.29 is 14.4 Å². The molecular weight excluding hydrogens is 374 g/mol. The maximum atomic E-state index is 12.2. The van der Waals surface area contributed by atoms with Gasteiger partial charge in [-0.2, -0.15) is 5.10 Å². The van der Waals surface area contributed by atoms with Crippen LogP contribution in [0.4, 0.5) is 0 Å². The van der Waals surface area contributed by atoms with Crippen molar-refractivity contribution in [3.05, 3.63) is 42.1 Å². The lowest BCUT2D eigenvalue weighted by molar-refractivity contribution is -0.130. The number of carbonyl (C=O) groups is 3. The highest BCUT2D eigenvalue weighted by Gasteiger charge is 2.22. The number of nitrogens with one attached hydrogen (secondary N) is 2. The van der Waals surface area contributed by atoms with E-state index in [4.69, 9.17) is 5.73 Å². The van der Waals surface area contributed by atoms with Crippen molar-refractivity contribution in [2.45, 2.75) is 18.9 Å². The highest BCUT2D eigenvalue weighted by atomic mass is 16.2. The Balaban J connectivity index is 0.00000184. The molecule has 1 heterocycles. The largest absolute Gasteiger partial charge is 0.370 e. The Morgan fingerprint density at radius 1 is 1.10 bits per heavy atom. The van der Waals surface area contributed by atoms with Crippen molar-refractivity contribution in [3.63, 3.8) is 0 Å². The maximum absolute atomic E-state index is 12.2. The molecule has 1 aromatic heterocycles. The van der Waals surface area contributed by atoms with Gasteiger partial charge in [0.05, 0.1) is 24.2 Å². The Labute approximate surface area is 170 Å². The number of carbonyl (C=O) groups excluding carboxylic acids is 3. The predicted molar refractivity (Wildman–Crippen MR) is 112 cm³/mol. The number of nitrogens with two attached hydrogens (primary N) is 3. The lowest BCUT2D eigenvalue weighted by Crippen LogP contribution is -2.48. The summed E-state index contributed by atoms with van der Waals surface area (Å²) in [5, 5.41) is 9.23. The summed E-state index contributed by atoms with van der Waals surface area (Å²) in [5.41, 5.74) is 16.5. The molecule has 0 unspecified atom stereocenters. The number of aromatic nitrogens is 2. The van der Waals surface area contributed by atoms with E-state index in [9.17, 15) is 14.4 Å². The van der Waals surface area contributed by atoms with Crippen LogP contribution in [0.25, 0.3) is 11.3 Å². The number of primary amides is 1. The molecule has 0 saturated carbocycles. The summed E-state index contributed by atoms with van der Waals surface area (Å²) >= 11 is 0. The summed E-state index contributed by atoms with van der Waals surface area (Å²) < 4.78 is 1.69. The molecule has 0 radical (unpaired) electrons. The summed E-state index contributed by atoms with van der Waals surface area (Å²) in [7, 11) is 6.22. The minimum atomic E-state index is -0.993. The second-order valence-electron chi connectivity index (χ2n) is 5.59. The van der Waals surface area contributed by atoms with E-state index in [1.165, 1.54) is 21.1 Å². The maximum Gasteiger partial charge on any atom is 0.242 e. The predicted octanol–water partition coefficient (Wildman–Crippen LogP) is -1.11. The van der Waals surface area contributed by atoms with Crippen LogP contribution in [-0.2, 0) is 27.9 Å². The Kier molecular flexibility index (Phi) is 12.3. The van der Waals surface area contributed by atoms with E-state index in [0.29, 0.717) is 5.69 Å². The molecule has 0 fully saturated rings. The van der Waals surface area contributed by atoms with E-state index in [1.807, 2.05) is 36.4 Å². The Morgan fingerprint density at radius 2 is 1.69 bits per heavy atom. The number of benzene rings is 1. The summed E-state index contributed by atoms with van der Waals surface area (Å²) in [6, 6.07) is 10.5. The monoisotopic (exact) mass is 405 g/mol. The minimum Gasteiger partial charge on any atom is -0.370 e. The second kappa shape index (κ2) is 13.9. The fraction of sp³-hybridized carbons (Fsp3) is 0.368. The molecule has 0 aliphatic rings. The van der Waals surface area contributed by atoms with Crippen molar-refractivity contribution >= 4 is 17.7 Å². The fourth-order valence-electron chi connectivity index (χ4n) is 2.49. The topological polar surface area (TPSA) is 171 Å². The van der Waals surface area contributed by atoms with Gasteiger partial charge in [0.1, 0.15) is 6.04 Å². The summed E-state index contributed by atoms with van der Waals surface area (Å²) in [5.74, 6) is -1.55. The van der Waals surface area contributed by atoms with Gasteiger partial charge in [-0.1, -0.05) is 30.3 Å². The van der Waals surface area contributed by atoms with Crippen LogP contribution in [0, 0.1) is 0 Å². The zero-order chi connectivity index (χ0) is 22.4. The van der Waals surface area contributed by atoms with Crippen molar-refractivity contribution in [1.82, 2.24) is 20.4 Å². The number of amides is 3. The SMILES string of the molecule is CN.CN.CNC(=O)[C@H](CC(N)=O)NC(=O)Cc1cc(-c2ccccc2)n(C)n1. The van der Waals surface area contributed by atoms with Crippen LogP contribution < -0.4 is 27.8 Å². The molecular formula is C19H31N7O3.